The van der Waals surface area contributed by atoms with Gasteiger partial charge >= 0.3 is 6.03 Å². The molecule has 1 aromatic carbocycles. The van der Waals surface area contributed by atoms with Crippen molar-refractivity contribution in [3.8, 4) is 5.75 Å². The second-order valence-corrected chi connectivity index (χ2v) is 5.35. The van der Waals surface area contributed by atoms with Gasteiger partial charge in [-0.3, -0.25) is 0 Å². The van der Waals surface area contributed by atoms with Crippen molar-refractivity contribution >= 4 is 11.7 Å². The minimum atomic E-state index is -0.241. The number of carbonyl (C=O) groups is 1. The van der Waals surface area contributed by atoms with E-state index in [4.69, 9.17) is 10.5 Å². The first kappa shape index (κ1) is 14.7. The number of nitrogens with two attached hydrogens (primary N) is 1. The molecule has 0 aliphatic heterocycles. The third-order valence-corrected chi connectivity index (χ3v) is 3.93. The fourth-order valence-electron chi connectivity index (χ4n) is 2.69. The Morgan fingerprint density at radius 2 is 1.90 bits per heavy atom. The molecule has 4 N–H and O–H groups in total. The van der Waals surface area contributed by atoms with E-state index in [9.17, 15) is 4.79 Å². The first-order valence-corrected chi connectivity index (χ1v) is 7.11. The number of amides is 2. The number of benzene rings is 1. The van der Waals surface area contributed by atoms with Crippen LogP contribution in [0.15, 0.2) is 24.3 Å². The molecule has 0 spiro atoms. The minimum absolute atomic E-state index is 0.192. The quantitative estimate of drug-likeness (QED) is 0.791. The molecule has 20 heavy (non-hydrogen) atoms. The second kappa shape index (κ2) is 6.61. The van der Waals surface area contributed by atoms with Crippen molar-refractivity contribution < 1.29 is 9.53 Å². The van der Waals surface area contributed by atoms with E-state index < -0.39 is 0 Å². The number of ether oxygens (including phenoxy) is 1. The van der Waals surface area contributed by atoms with Gasteiger partial charge < -0.3 is 21.1 Å². The SMILES string of the molecule is COc1ccc(NC(=O)NC2(CN)CCCCC2)cc1. The van der Waals surface area contributed by atoms with Gasteiger partial charge in [-0.15, -0.1) is 0 Å². The van der Waals surface area contributed by atoms with Crippen molar-refractivity contribution in [2.24, 2.45) is 5.73 Å². The molecule has 1 aromatic rings. The Labute approximate surface area is 119 Å². The van der Waals surface area contributed by atoms with Crippen LogP contribution in [0.4, 0.5) is 10.5 Å². The maximum absolute atomic E-state index is 12.1. The third-order valence-electron chi connectivity index (χ3n) is 3.93. The van der Waals surface area contributed by atoms with Gasteiger partial charge in [0.15, 0.2) is 0 Å². The molecule has 0 heterocycles. The predicted molar refractivity (Wildman–Crippen MR) is 80.0 cm³/mol. The van der Waals surface area contributed by atoms with Crippen LogP contribution in [0, 0.1) is 0 Å². The summed E-state index contributed by atoms with van der Waals surface area (Å²) in [6, 6.07) is 7.06. The number of urea groups is 1. The van der Waals surface area contributed by atoms with Crippen LogP contribution in [0.5, 0.6) is 5.75 Å². The van der Waals surface area contributed by atoms with Crippen LogP contribution in [-0.2, 0) is 0 Å². The van der Waals surface area contributed by atoms with E-state index in [1.807, 2.05) is 24.3 Å². The van der Waals surface area contributed by atoms with Crippen LogP contribution in [-0.4, -0.2) is 25.2 Å². The summed E-state index contributed by atoms with van der Waals surface area (Å²) < 4.78 is 5.08. The summed E-state index contributed by atoms with van der Waals surface area (Å²) in [4.78, 5) is 12.1. The molecule has 1 aliphatic carbocycles. The molecule has 0 bridgehead atoms. The van der Waals surface area contributed by atoms with Gasteiger partial charge in [-0.1, -0.05) is 19.3 Å². The van der Waals surface area contributed by atoms with Crippen molar-refractivity contribution in [2.45, 2.75) is 37.6 Å². The van der Waals surface area contributed by atoms with Crippen molar-refractivity contribution in [2.75, 3.05) is 19.0 Å². The van der Waals surface area contributed by atoms with Crippen LogP contribution in [0.1, 0.15) is 32.1 Å². The van der Waals surface area contributed by atoms with E-state index in [-0.39, 0.29) is 11.6 Å². The Morgan fingerprint density at radius 3 is 2.45 bits per heavy atom. The maximum atomic E-state index is 12.1. The van der Waals surface area contributed by atoms with E-state index in [1.165, 1.54) is 6.42 Å². The topological polar surface area (TPSA) is 76.4 Å². The Hall–Kier alpha value is -1.75. The monoisotopic (exact) mass is 277 g/mol. The molecule has 1 saturated carbocycles. The van der Waals surface area contributed by atoms with E-state index in [1.54, 1.807) is 7.11 Å². The van der Waals surface area contributed by atoms with Gasteiger partial charge in [0.25, 0.3) is 0 Å². The normalized spacial score (nSPS) is 17.3. The van der Waals surface area contributed by atoms with Gasteiger partial charge in [0.1, 0.15) is 5.75 Å². The fraction of sp³-hybridized carbons (Fsp3) is 0.533. The molecule has 0 radical (unpaired) electrons. The van der Waals surface area contributed by atoms with Gasteiger partial charge in [0, 0.05) is 12.2 Å². The lowest BCUT2D eigenvalue weighted by Gasteiger charge is -2.37. The van der Waals surface area contributed by atoms with E-state index in [2.05, 4.69) is 10.6 Å². The lowest BCUT2D eigenvalue weighted by Crippen LogP contribution is -2.55. The molecule has 1 aliphatic rings. The maximum Gasteiger partial charge on any atom is 0.319 e. The molecule has 1 fully saturated rings. The Balaban J connectivity index is 1.93. The van der Waals surface area contributed by atoms with E-state index in [0.29, 0.717) is 6.54 Å². The molecule has 110 valence electrons. The number of nitrogens with one attached hydrogen (secondary N) is 2. The zero-order valence-electron chi connectivity index (χ0n) is 11.9. The van der Waals surface area contributed by atoms with Crippen LogP contribution in [0.2, 0.25) is 0 Å². The largest absolute Gasteiger partial charge is 0.497 e. The Bertz CT molecular complexity index is 439. The summed E-state index contributed by atoms with van der Waals surface area (Å²) in [5.41, 5.74) is 6.36. The zero-order chi connectivity index (χ0) is 14.4. The highest BCUT2D eigenvalue weighted by molar-refractivity contribution is 5.89. The van der Waals surface area contributed by atoms with E-state index in [0.717, 1.165) is 37.1 Å². The van der Waals surface area contributed by atoms with Gasteiger partial charge in [-0.25, -0.2) is 4.79 Å². The number of hydrogen-bond donors (Lipinski definition) is 3. The highest BCUT2D eigenvalue weighted by atomic mass is 16.5. The van der Waals surface area contributed by atoms with Crippen molar-refractivity contribution in [1.29, 1.82) is 0 Å². The summed E-state index contributed by atoms with van der Waals surface area (Å²) in [5.74, 6) is 0.765. The number of rotatable bonds is 4. The van der Waals surface area contributed by atoms with Crippen LogP contribution < -0.4 is 21.1 Å². The van der Waals surface area contributed by atoms with Gasteiger partial charge in [0.2, 0.25) is 0 Å². The standard InChI is InChI=1S/C15H23N3O2/c1-20-13-7-5-12(6-8-13)17-14(19)18-15(11-16)9-3-2-4-10-15/h5-8H,2-4,9-11,16H2,1H3,(H2,17,18,19). The highest BCUT2D eigenvalue weighted by Gasteiger charge is 2.32. The molecule has 0 saturated heterocycles. The molecular formula is C15H23N3O2. The summed E-state index contributed by atoms with van der Waals surface area (Å²) in [6.07, 6.45) is 5.39. The van der Waals surface area contributed by atoms with Crippen molar-refractivity contribution in [1.82, 2.24) is 5.32 Å². The first-order valence-electron chi connectivity index (χ1n) is 7.11. The highest BCUT2D eigenvalue weighted by Crippen LogP contribution is 2.27. The van der Waals surface area contributed by atoms with E-state index >= 15 is 0 Å². The van der Waals surface area contributed by atoms with Gasteiger partial charge in [-0.2, -0.15) is 0 Å². The number of hydrogen-bond acceptors (Lipinski definition) is 3. The number of carbonyl (C=O) groups excluding carboxylic acids is 1. The lowest BCUT2D eigenvalue weighted by molar-refractivity contribution is 0.215. The van der Waals surface area contributed by atoms with Crippen LogP contribution >= 0.6 is 0 Å². The van der Waals surface area contributed by atoms with Crippen molar-refractivity contribution in [3.63, 3.8) is 0 Å². The summed E-state index contributed by atoms with van der Waals surface area (Å²) in [7, 11) is 1.61. The summed E-state index contributed by atoms with van der Waals surface area (Å²) in [6.45, 7) is 0.489. The lowest BCUT2D eigenvalue weighted by atomic mass is 9.82. The molecule has 2 amide bonds. The molecular weight excluding hydrogens is 254 g/mol. The second-order valence-electron chi connectivity index (χ2n) is 5.35. The number of anilines is 1. The zero-order valence-corrected chi connectivity index (χ0v) is 11.9. The molecule has 0 unspecified atom stereocenters. The Kier molecular flexibility index (Phi) is 4.84. The predicted octanol–water partition coefficient (Wildman–Crippen LogP) is 2.48. The molecule has 5 nitrogen and oxygen atoms in total. The minimum Gasteiger partial charge on any atom is -0.497 e. The van der Waals surface area contributed by atoms with Gasteiger partial charge in [-0.05, 0) is 37.1 Å². The molecule has 2 rings (SSSR count). The molecule has 0 atom stereocenters. The van der Waals surface area contributed by atoms with Crippen molar-refractivity contribution in [3.05, 3.63) is 24.3 Å². The first-order chi connectivity index (χ1) is 9.67. The fourth-order valence-corrected chi connectivity index (χ4v) is 2.69. The molecule has 0 aromatic heterocycles. The average Bonchev–Trinajstić information content (AvgIpc) is 2.49. The summed E-state index contributed by atoms with van der Waals surface area (Å²) >= 11 is 0. The van der Waals surface area contributed by atoms with Gasteiger partial charge in [0.05, 0.1) is 12.6 Å². The van der Waals surface area contributed by atoms with Crippen LogP contribution in [0.3, 0.4) is 0 Å². The smallest absolute Gasteiger partial charge is 0.319 e. The molecule has 5 heteroatoms. The Morgan fingerprint density at radius 1 is 1.25 bits per heavy atom. The van der Waals surface area contributed by atoms with Crippen LogP contribution in [0.25, 0.3) is 0 Å². The number of methoxy groups -OCH3 is 1. The average molecular weight is 277 g/mol. The third kappa shape index (κ3) is 3.63. The summed E-state index contributed by atoms with van der Waals surface area (Å²) in [5, 5.41) is 5.89.